The van der Waals surface area contributed by atoms with Gasteiger partial charge in [-0.3, -0.25) is 0 Å². The fourth-order valence-corrected chi connectivity index (χ4v) is 3.55. The van der Waals surface area contributed by atoms with Gasteiger partial charge in [-0.25, -0.2) is 9.97 Å². The van der Waals surface area contributed by atoms with Crippen LogP contribution in [0.25, 0.3) is 11.3 Å². The zero-order valence-corrected chi connectivity index (χ0v) is 17.6. The Kier molecular flexibility index (Phi) is 6.38. The average Bonchev–Trinajstić information content (AvgIpc) is 3.01. The molecular formula is C22H20ClF3N4O2. The summed E-state index contributed by atoms with van der Waals surface area (Å²) in [7, 11) is 0. The quantitative estimate of drug-likeness (QED) is 0.547. The van der Waals surface area contributed by atoms with Crippen LogP contribution in [-0.4, -0.2) is 29.7 Å². The largest absolute Gasteiger partial charge is 0.490 e. The average molecular weight is 465 g/mol. The fourth-order valence-electron chi connectivity index (χ4n) is 3.26. The van der Waals surface area contributed by atoms with E-state index in [4.69, 9.17) is 26.8 Å². The Labute approximate surface area is 187 Å². The van der Waals surface area contributed by atoms with E-state index < -0.39 is 11.7 Å². The second-order valence-electron chi connectivity index (χ2n) is 7.22. The minimum Gasteiger partial charge on any atom is -0.490 e. The molecule has 0 aliphatic carbocycles. The molecule has 0 bridgehead atoms. The molecule has 1 atom stereocenters. The number of hydrogen-bond acceptors (Lipinski definition) is 6. The summed E-state index contributed by atoms with van der Waals surface area (Å²) >= 11 is 5.82. The van der Waals surface area contributed by atoms with Gasteiger partial charge in [0.1, 0.15) is 12.1 Å². The summed E-state index contributed by atoms with van der Waals surface area (Å²) in [5.41, 5.74) is 7.17. The third kappa shape index (κ3) is 5.05. The van der Waals surface area contributed by atoms with Crippen molar-refractivity contribution in [3.05, 3.63) is 64.9 Å². The van der Waals surface area contributed by atoms with Gasteiger partial charge in [-0.15, -0.1) is 0 Å². The molecule has 2 aromatic carbocycles. The molecule has 1 aliphatic heterocycles. The topological polar surface area (TPSA) is 82.3 Å². The van der Waals surface area contributed by atoms with Gasteiger partial charge in [0.15, 0.2) is 11.5 Å². The highest BCUT2D eigenvalue weighted by molar-refractivity contribution is 6.31. The van der Waals surface area contributed by atoms with Gasteiger partial charge in [-0.1, -0.05) is 23.7 Å². The Morgan fingerprint density at radius 1 is 1.03 bits per heavy atom. The van der Waals surface area contributed by atoms with E-state index >= 15 is 0 Å². The van der Waals surface area contributed by atoms with Crippen LogP contribution in [0.3, 0.4) is 0 Å². The van der Waals surface area contributed by atoms with Crippen molar-refractivity contribution in [3.8, 4) is 22.8 Å². The summed E-state index contributed by atoms with van der Waals surface area (Å²) < 4.78 is 50.1. The number of rotatable bonds is 5. The number of nitrogens with zero attached hydrogens (tertiary/aromatic N) is 2. The van der Waals surface area contributed by atoms with Crippen molar-refractivity contribution < 1.29 is 22.6 Å². The van der Waals surface area contributed by atoms with E-state index in [0.29, 0.717) is 48.3 Å². The molecule has 0 spiro atoms. The smallest absolute Gasteiger partial charge is 0.417 e. The number of halogens is 4. The monoisotopic (exact) mass is 464 g/mol. The van der Waals surface area contributed by atoms with Crippen molar-refractivity contribution in [2.24, 2.45) is 5.73 Å². The Hall–Kier alpha value is -3.04. The first-order chi connectivity index (χ1) is 15.3. The number of fused-ring (bicyclic) bond motifs is 1. The molecule has 3 aromatic rings. The van der Waals surface area contributed by atoms with Crippen molar-refractivity contribution in [3.63, 3.8) is 0 Å². The maximum absolute atomic E-state index is 12.9. The van der Waals surface area contributed by atoms with Crippen molar-refractivity contribution in [1.82, 2.24) is 9.97 Å². The van der Waals surface area contributed by atoms with Gasteiger partial charge >= 0.3 is 6.18 Å². The zero-order valence-electron chi connectivity index (χ0n) is 16.8. The zero-order chi connectivity index (χ0) is 22.7. The molecule has 0 fully saturated rings. The minimum absolute atomic E-state index is 0.355. The molecule has 0 saturated heterocycles. The van der Waals surface area contributed by atoms with Crippen LogP contribution in [0.2, 0.25) is 5.02 Å². The molecular weight excluding hydrogens is 445 g/mol. The maximum Gasteiger partial charge on any atom is 0.417 e. The third-order valence-electron chi connectivity index (χ3n) is 4.94. The Bertz CT molecular complexity index is 1110. The molecule has 6 nitrogen and oxygen atoms in total. The van der Waals surface area contributed by atoms with E-state index in [1.54, 1.807) is 6.07 Å². The van der Waals surface area contributed by atoms with Crippen molar-refractivity contribution in [1.29, 1.82) is 0 Å². The summed E-state index contributed by atoms with van der Waals surface area (Å²) in [6.07, 6.45) is -2.38. The van der Waals surface area contributed by atoms with Gasteiger partial charge in [0.05, 0.1) is 29.5 Å². The van der Waals surface area contributed by atoms with Gasteiger partial charge in [0.2, 0.25) is 0 Å². The molecule has 0 unspecified atom stereocenters. The Balaban J connectivity index is 1.46. The number of anilines is 1. The number of hydrogen-bond donors (Lipinski definition) is 2. The minimum atomic E-state index is -4.52. The van der Waals surface area contributed by atoms with E-state index in [2.05, 4.69) is 15.3 Å². The molecule has 0 amide bonds. The standard InChI is InChI=1S/C22H20ClF3N4O2/c23-16-8-14(2-4-15(16)22(24,25)26)18-10-21(30-12-29-18)28-11-17(27)13-3-5-19-20(9-13)32-7-1-6-31-19/h2-5,8-10,12,17H,1,6-7,11,27H2,(H,28,29,30)/t17-/m0/s1. The first kappa shape index (κ1) is 22.2. The van der Waals surface area contributed by atoms with Crippen LogP contribution < -0.4 is 20.5 Å². The third-order valence-corrected chi connectivity index (χ3v) is 5.25. The summed E-state index contributed by atoms with van der Waals surface area (Å²) in [6.45, 7) is 1.56. The van der Waals surface area contributed by atoms with E-state index in [1.807, 2.05) is 18.2 Å². The number of ether oxygens (including phenoxy) is 2. The van der Waals surface area contributed by atoms with Gasteiger partial charge in [-0.2, -0.15) is 13.2 Å². The van der Waals surface area contributed by atoms with Gasteiger partial charge in [-0.05, 0) is 29.8 Å². The van der Waals surface area contributed by atoms with E-state index in [9.17, 15) is 13.2 Å². The second-order valence-corrected chi connectivity index (χ2v) is 7.63. The first-order valence-corrected chi connectivity index (χ1v) is 10.3. The number of nitrogens with one attached hydrogen (secondary N) is 1. The highest BCUT2D eigenvalue weighted by atomic mass is 35.5. The summed E-state index contributed by atoms with van der Waals surface area (Å²) in [5, 5.41) is 2.75. The second kappa shape index (κ2) is 9.22. The number of aromatic nitrogens is 2. The normalized spacial score (nSPS) is 14.5. The van der Waals surface area contributed by atoms with E-state index in [0.717, 1.165) is 18.1 Å². The predicted molar refractivity (Wildman–Crippen MR) is 115 cm³/mol. The molecule has 1 aromatic heterocycles. The van der Waals surface area contributed by atoms with Crippen LogP contribution >= 0.6 is 11.6 Å². The lowest BCUT2D eigenvalue weighted by atomic mass is 10.1. The van der Waals surface area contributed by atoms with E-state index in [1.165, 1.54) is 18.5 Å². The van der Waals surface area contributed by atoms with Crippen LogP contribution in [0.15, 0.2) is 48.8 Å². The highest BCUT2D eigenvalue weighted by Gasteiger charge is 2.33. The molecule has 10 heteroatoms. The van der Waals surface area contributed by atoms with Crippen molar-refractivity contribution in [2.45, 2.75) is 18.6 Å². The van der Waals surface area contributed by atoms with Crippen LogP contribution in [0.4, 0.5) is 19.0 Å². The lowest BCUT2D eigenvalue weighted by Crippen LogP contribution is -2.21. The molecule has 0 radical (unpaired) electrons. The number of benzene rings is 2. The molecule has 168 valence electrons. The summed E-state index contributed by atoms with van der Waals surface area (Å²) in [6, 6.07) is 10.4. The number of nitrogens with two attached hydrogens (primary N) is 1. The maximum atomic E-state index is 12.9. The van der Waals surface area contributed by atoms with Crippen LogP contribution in [-0.2, 0) is 6.18 Å². The highest BCUT2D eigenvalue weighted by Crippen LogP contribution is 2.36. The number of alkyl halides is 3. The lowest BCUT2D eigenvalue weighted by Gasteiger charge is -2.16. The molecule has 1 aliphatic rings. The van der Waals surface area contributed by atoms with Crippen LogP contribution in [0.5, 0.6) is 11.5 Å². The summed E-state index contributed by atoms with van der Waals surface area (Å²) in [5.74, 6) is 1.84. The molecule has 2 heterocycles. The predicted octanol–water partition coefficient (Wildman–Crippen LogP) is 5.09. The lowest BCUT2D eigenvalue weighted by molar-refractivity contribution is -0.137. The van der Waals surface area contributed by atoms with Gasteiger partial charge in [0.25, 0.3) is 0 Å². The fraction of sp³-hybridized carbons (Fsp3) is 0.273. The molecule has 3 N–H and O–H groups in total. The van der Waals surface area contributed by atoms with Crippen LogP contribution in [0, 0.1) is 0 Å². The van der Waals surface area contributed by atoms with Gasteiger partial charge < -0.3 is 20.5 Å². The van der Waals surface area contributed by atoms with Gasteiger partial charge in [0, 0.05) is 30.6 Å². The Morgan fingerprint density at radius 2 is 1.81 bits per heavy atom. The SMILES string of the molecule is N[C@@H](CNc1cc(-c2ccc(C(F)(F)F)c(Cl)c2)ncn1)c1ccc2c(c1)OCCCO2. The van der Waals surface area contributed by atoms with E-state index in [-0.39, 0.29) is 11.1 Å². The molecule has 4 rings (SSSR count). The molecule has 32 heavy (non-hydrogen) atoms. The summed E-state index contributed by atoms with van der Waals surface area (Å²) in [4.78, 5) is 8.29. The van der Waals surface area contributed by atoms with Crippen molar-refractivity contribution >= 4 is 17.4 Å². The molecule has 0 saturated carbocycles. The first-order valence-electron chi connectivity index (χ1n) is 9.89. The van der Waals surface area contributed by atoms with Crippen molar-refractivity contribution in [2.75, 3.05) is 25.1 Å². The Morgan fingerprint density at radius 3 is 2.56 bits per heavy atom. The van der Waals surface area contributed by atoms with Crippen LogP contribution in [0.1, 0.15) is 23.6 Å².